The van der Waals surface area contributed by atoms with Gasteiger partial charge in [0.25, 0.3) is 11.5 Å². The molecule has 9 heteroatoms. The molecule has 3 N–H and O–H groups in total. The Kier molecular flexibility index (Phi) is 6.25. The van der Waals surface area contributed by atoms with Crippen molar-refractivity contribution in [2.75, 3.05) is 19.6 Å². The fraction of sp³-hybridized carbons (Fsp3) is 0.333. The van der Waals surface area contributed by atoms with E-state index in [-0.39, 0.29) is 18.1 Å². The molecule has 3 aromatic rings. The highest BCUT2D eigenvalue weighted by atomic mass is 35.5. The number of H-pyrrole nitrogens is 1. The van der Waals surface area contributed by atoms with Crippen LogP contribution in [-0.2, 0) is 6.61 Å². The molecule has 4 rings (SSSR count). The molecule has 0 atom stereocenters. The summed E-state index contributed by atoms with van der Waals surface area (Å²) in [5.74, 6) is 1.07. The lowest BCUT2D eigenvalue weighted by Crippen LogP contribution is -2.36. The van der Waals surface area contributed by atoms with Crippen LogP contribution in [0.3, 0.4) is 0 Å². The number of nitrogens with one attached hydrogen (secondary N) is 3. The summed E-state index contributed by atoms with van der Waals surface area (Å²) in [6, 6.07) is 6.50. The van der Waals surface area contributed by atoms with Crippen LogP contribution in [0.4, 0.5) is 0 Å². The van der Waals surface area contributed by atoms with Gasteiger partial charge in [-0.3, -0.25) is 14.6 Å². The van der Waals surface area contributed by atoms with Gasteiger partial charge in [-0.2, -0.15) is 0 Å². The molecular formula is C21H22ClN5O3. The molecule has 2 aromatic heterocycles. The van der Waals surface area contributed by atoms with Gasteiger partial charge in [-0.1, -0.05) is 11.6 Å². The lowest BCUT2D eigenvalue weighted by atomic mass is 9.98. The number of piperidine rings is 1. The second kappa shape index (κ2) is 9.23. The molecule has 1 aliphatic rings. The molecule has 0 unspecified atom stereocenters. The van der Waals surface area contributed by atoms with Crippen LogP contribution >= 0.6 is 11.6 Å². The first kappa shape index (κ1) is 20.3. The van der Waals surface area contributed by atoms with E-state index < -0.39 is 0 Å². The van der Waals surface area contributed by atoms with E-state index in [1.165, 1.54) is 6.20 Å². The number of carbonyl (C=O) groups excluding carboxylic acids is 1. The lowest BCUT2D eigenvalue weighted by Gasteiger charge is -2.22. The van der Waals surface area contributed by atoms with E-state index in [9.17, 15) is 9.59 Å². The number of aromatic nitrogens is 3. The summed E-state index contributed by atoms with van der Waals surface area (Å²) in [6.07, 6.45) is 5.16. The summed E-state index contributed by atoms with van der Waals surface area (Å²) in [5, 5.41) is 7.10. The molecule has 1 amide bonds. The van der Waals surface area contributed by atoms with Gasteiger partial charge in [0.05, 0.1) is 27.7 Å². The molecule has 3 heterocycles. The molecule has 0 bridgehead atoms. The summed E-state index contributed by atoms with van der Waals surface area (Å²) in [7, 11) is 0. The summed E-state index contributed by atoms with van der Waals surface area (Å²) in [5.41, 5.74) is 0.594. The average Bonchev–Trinajstić information content (AvgIpc) is 2.77. The van der Waals surface area contributed by atoms with Crippen LogP contribution < -0.4 is 20.9 Å². The highest BCUT2D eigenvalue weighted by molar-refractivity contribution is 6.33. The van der Waals surface area contributed by atoms with Crippen LogP contribution in [0, 0.1) is 5.92 Å². The van der Waals surface area contributed by atoms with Crippen LogP contribution in [0.15, 0.2) is 41.5 Å². The monoisotopic (exact) mass is 427 g/mol. The Morgan fingerprint density at radius 1 is 1.27 bits per heavy atom. The van der Waals surface area contributed by atoms with E-state index in [4.69, 9.17) is 16.3 Å². The number of ether oxygens (including phenoxy) is 1. The van der Waals surface area contributed by atoms with E-state index in [1.807, 2.05) is 0 Å². The van der Waals surface area contributed by atoms with Gasteiger partial charge >= 0.3 is 0 Å². The van der Waals surface area contributed by atoms with Crippen molar-refractivity contribution in [3.8, 4) is 5.75 Å². The quantitative estimate of drug-likeness (QED) is 0.557. The standard InChI is InChI=1S/C21H22ClN5O3/c22-17-2-1-14(9-16(17)20(28)25-10-13-3-6-23-7-4-13)30-12-19-26-18-11-24-8-5-15(18)21(29)27-19/h1-2,5,8-9,11,13,23H,3-4,6-7,10,12H2,(H,25,28)(H,26,27,29). The number of amides is 1. The summed E-state index contributed by atoms with van der Waals surface area (Å²) >= 11 is 6.22. The van der Waals surface area contributed by atoms with Crippen molar-refractivity contribution >= 4 is 28.4 Å². The van der Waals surface area contributed by atoms with Crippen LogP contribution in [0.1, 0.15) is 29.0 Å². The number of benzene rings is 1. The third-order valence-corrected chi connectivity index (χ3v) is 5.46. The molecule has 8 nitrogen and oxygen atoms in total. The molecule has 1 saturated heterocycles. The minimum atomic E-state index is -0.255. The first-order valence-electron chi connectivity index (χ1n) is 9.84. The van der Waals surface area contributed by atoms with Crippen LogP contribution in [0.25, 0.3) is 10.9 Å². The topological polar surface area (TPSA) is 109 Å². The highest BCUT2D eigenvalue weighted by Gasteiger charge is 2.17. The Morgan fingerprint density at radius 2 is 2.10 bits per heavy atom. The van der Waals surface area contributed by atoms with Gasteiger partial charge in [0.2, 0.25) is 0 Å². The van der Waals surface area contributed by atoms with E-state index in [0.29, 0.717) is 45.5 Å². The number of rotatable bonds is 6. The molecule has 30 heavy (non-hydrogen) atoms. The van der Waals surface area contributed by atoms with Crippen molar-refractivity contribution in [1.82, 2.24) is 25.6 Å². The van der Waals surface area contributed by atoms with Crippen molar-refractivity contribution in [2.45, 2.75) is 19.4 Å². The second-order valence-electron chi connectivity index (χ2n) is 7.24. The van der Waals surface area contributed by atoms with Gasteiger partial charge in [-0.25, -0.2) is 4.98 Å². The van der Waals surface area contributed by atoms with Gasteiger partial charge in [-0.05, 0) is 56.1 Å². The zero-order valence-corrected chi connectivity index (χ0v) is 17.0. The maximum absolute atomic E-state index is 12.6. The van der Waals surface area contributed by atoms with Crippen molar-refractivity contribution < 1.29 is 9.53 Å². The molecule has 1 aliphatic heterocycles. The maximum atomic E-state index is 12.6. The fourth-order valence-corrected chi connectivity index (χ4v) is 3.65. The normalized spacial score (nSPS) is 14.6. The number of aromatic amines is 1. The zero-order chi connectivity index (χ0) is 20.9. The van der Waals surface area contributed by atoms with E-state index in [1.54, 1.807) is 30.5 Å². The van der Waals surface area contributed by atoms with Crippen molar-refractivity contribution in [1.29, 1.82) is 0 Å². The van der Waals surface area contributed by atoms with Crippen molar-refractivity contribution in [3.63, 3.8) is 0 Å². The zero-order valence-electron chi connectivity index (χ0n) is 16.3. The van der Waals surface area contributed by atoms with Crippen LogP contribution in [-0.4, -0.2) is 40.5 Å². The molecule has 0 saturated carbocycles. The summed E-state index contributed by atoms with van der Waals surface area (Å²) in [6.45, 7) is 2.62. The lowest BCUT2D eigenvalue weighted by molar-refractivity contribution is 0.0944. The molecule has 0 spiro atoms. The van der Waals surface area contributed by atoms with Crippen molar-refractivity contribution in [3.05, 3.63) is 63.4 Å². The third kappa shape index (κ3) is 4.77. The largest absolute Gasteiger partial charge is 0.486 e. The smallest absolute Gasteiger partial charge is 0.258 e. The Morgan fingerprint density at radius 3 is 2.93 bits per heavy atom. The Bertz CT molecular complexity index is 1110. The molecule has 1 fully saturated rings. The Balaban J connectivity index is 1.42. The summed E-state index contributed by atoms with van der Waals surface area (Å²) < 4.78 is 5.74. The molecule has 156 valence electrons. The van der Waals surface area contributed by atoms with Crippen LogP contribution in [0.2, 0.25) is 5.02 Å². The number of fused-ring (bicyclic) bond motifs is 1. The van der Waals surface area contributed by atoms with Gasteiger partial charge in [-0.15, -0.1) is 0 Å². The average molecular weight is 428 g/mol. The summed E-state index contributed by atoms with van der Waals surface area (Å²) in [4.78, 5) is 35.8. The highest BCUT2D eigenvalue weighted by Crippen LogP contribution is 2.23. The Hall–Kier alpha value is -2.97. The van der Waals surface area contributed by atoms with E-state index >= 15 is 0 Å². The van der Waals surface area contributed by atoms with Crippen molar-refractivity contribution in [2.24, 2.45) is 5.92 Å². The number of hydrogen-bond donors (Lipinski definition) is 3. The molecule has 1 aromatic carbocycles. The van der Waals surface area contributed by atoms with E-state index in [0.717, 1.165) is 25.9 Å². The predicted octanol–water partition coefficient (Wildman–Crippen LogP) is 2.28. The number of nitrogens with zero attached hydrogens (tertiary/aromatic N) is 2. The number of pyridine rings is 1. The second-order valence-corrected chi connectivity index (χ2v) is 7.65. The van der Waals surface area contributed by atoms with Gasteiger partial charge in [0, 0.05) is 12.7 Å². The SMILES string of the molecule is O=C(NCC1CCNCC1)c1cc(OCc2nc3cnccc3c(=O)[nH]2)ccc1Cl. The fourth-order valence-electron chi connectivity index (χ4n) is 3.45. The Labute approximate surface area is 178 Å². The first-order chi connectivity index (χ1) is 14.6. The predicted molar refractivity (Wildman–Crippen MR) is 114 cm³/mol. The third-order valence-electron chi connectivity index (χ3n) is 5.13. The molecular weight excluding hydrogens is 406 g/mol. The molecule has 0 radical (unpaired) electrons. The number of hydrogen-bond acceptors (Lipinski definition) is 6. The number of carbonyl (C=O) groups is 1. The number of halogens is 1. The minimum absolute atomic E-state index is 0.0395. The van der Waals surface area contributed by atoms with Gasteiger partial charge in [0.1, 0.15) is 18.2 Å². The maximum Gasteiger partial charge on any atom is 0.258 e. The van der Waals surface area contributed by atoms with Gasteiger partial charge < -0.3 is 20.4 Å². The van der Waals surface area contributed by atoms with E-state index in [2.05, 4.69) is 25.6 Å². The first-order valence-corrected chi connectivity index (χ1v) is 10.2. The van der Waals surface area contributed by atoms with Gasteiger partial charge in [0.15, 0.2) is 0 Å². The van der Waals surface area contributed by atoms with Crippen LogP contribution in [0.5, 0.6) is 5.75 Å². The molecule has 0 aliphatic carbocycles. The minimum Gasteiger partial charge on any atom is -0.486 e.